The molecule has 0 unspecified atom stereocenters. The molecule has 0 radical (unpaired) electrons. The first-order valence-electron chi connectivity index (χ1n) is 5.59. The fourth-order valence-electron chi connectivity index (χ4n) is 1.66. The van der Waals surface area contributed by atoms with Crippen LogP contribution in [0.4, 0.5) is 15.2 Å². The molecule has 1 aromatic heterocycles. The van der Waals surface area contributed by atoms with E-state index in [1.54, 1.807) is 19.9 Å². The Labute approximate surface area is 114 Å². The summed E-state index contributed by atoms with van der Waals surface area (Å²) in [7, 11) is 1.32. The highest BCUT2D eigenvalue weighted by Gasteiger charge is 2.15. The molecule has 1 aromatic carbocycles. The molecule has 0 bridgehead atoms. The maximum Gasteiger partial charge on any atom is 0.350 e. The molecule has 1 heterocycles. The van der Waals surface area contributed by atoms with Crippen LogP contribution in [-0.4, -0.2) is 18.1 Å². The molecule has 100 valence electrons. The minimum absolute atomic E-state index is 0.316. The van der Waals surface area contributed by atoms with Gasteiger partial charge >= 0.3 is 5.97 Å². The molecule has 2 aromatic rings. The molecule has 0 aliphatic heterocycles. The number of carbonyl (C=O) groups excluding carboxylic acids is 1. The van der Waals surface area contributed by atoms with E-state index in [0.717, 1.165) is 5.56 Å². The molecule has 2 rings (SSSR count). The molecule has 6 heteroatoms. The molecule has 1 N–H and O–H groups in total. The standard InChI is InChI=1S/C13H13FN2O2S/c1-7-4-9(14)6-10(5-7)16-13-15-8(2)11(19-13)12(17)18-3/h4-6H,1-3H3,(H,15,16). The second kappa shape index (κ2) is 5.36. The Morgan fingerprint density at radius 2 is 2.11 bits per heavy atom. The molecule has 0 aliphatic carbocycles. The summed E-state index contributed by atoms with van der Waals surface area (Å²) in [6.45, 7) is 3.53. The van der Waals surface area contributed by atoms with Crippen LogP contribution in [-0.2, 0) is 4.74 Å². The van der Waals surface area contributed by atoms with Crippen molar-refractivity contribution in [2.45, 2.75) is 13.8 Å². The zero-order chi connectivity index (χ0) is 14.0. The Morgan fingerprint density at radius 3 is 2.74 bits per heavy atom. The predicted octanol–water partition coefficient (Wildman–Crippen LogP) is 3.43. The van der Waals surface area contributed by atoms with Crippen molar-refractivity contribution < 1.29 is 13.9 Å². The number of halogens is 1. The van der Waals surface area contributed by atoms with E-state index in [-0.39, 0.29) is 5.82 Å². The average molecular weight is 280 g/mol. The zero-order valence-electron chi connectivity index (χ0n) is 10.8. The van der Waals surface area contributed by atoms with Gasteiger partial charge in [0.05, 0.1) is 12.8 Å². The van der Waals surface area contributed by atoms with Crippen molar-refractivity contribution in [2.75, 3.05) is 12.4 Å². The van der Waals surface area contributed by atoms with Crippen LogP contribution in [0.2, 0.25) is 0 Å². The van der Waals surface area contributed by atoms with E-state index in [0.29, 0.717) is 21.4 Å². The fraction of sp³-hybridized carbons (Fsp3) is 0.231. The number of thiazole rings is 1. The van der Waals surface area contributed by atoms with Crippen LogP contribution < -0.4 is 5.32 Å². The Kier molecular flexibility index (Phi) is 3.80. The van der Waals surface area contributed by atoms with Gasteiger partial charge in [-0.15, -0.1) is 0 Å². The number of aromatic nitrogens is 1. The second-order valence-electron chi connectivity index (χ2n) is 4.07. The minimum atomic E-state index is -0.418. The monoisotopic (exact) mass is 280 g/mol. The topological polar surface area (TPSA) is 51.2 Å². The van der Waals surface area contributed by atoms with E-state index in [1.165, 1.54) is 30.6 Å². The van der Waals surface area contributed by atoms with Crippen LogP contribution in [0.1, 0.15) is 20.9 Å². The third-order valence-corrected chi connectivity index (χ3v) is 3.51. The number of ether oxygens (including phenoxy) is 1. The smallest absolute Gasteiger partial charge is 0.350 e. The van der Waals surface area contributed by atoms with Crippen LogP contribution >= 0.6 is 11.3 Å². The Morgan fingerprint density at radius 1 is 1.37 bits per heavy atom. The fourth-order valence-corrected chi connectivity index (χ4v) is 2.57. The lowest BCUT2D eigenvalue weighted by Crippen LogP contribution is -1.99. The van der Waals surface area contributed by atoms with Crippen molar-refractivity contribution in [2.24, 2.45) is 0 Å². The molecular weight excluding hydrogens is 267 g/mol. The lowest BCUT2D eigenvalue weighted by Gasteiger charge is -2.03. The summed E-state index contributed by atoms with van der Waals surface area (Å²) in [4.78, 5) is 16.1. The van der Waals surface area contributed by atoms with Crippen molar-refractivity contribution in [3.8, 4) is 0 Å². The number of hydrogen-bond acceptors (Lipinski definition) is 5. The first-order valence-corrected chi connectivity index (χ1v) is 6.41. The summed E-state index contributed by atoms with van der Waals surface area (Å²) in [5, 5.41) is 3.52. The van der Waals surface area contributed by atoms with Gasteiger partial charge in [0.2, 0.25) is 0 Å². The number of methoxy groups -OCH3 is 1. The van der Waals surface area contributed by atoms with Crippen molar-refractivity contribution in [1.82, 2.24) is 4.98 Å². The van der Waals surface area contributed by atoms with Crippen molar-refractivity contribution in [3.05, 3.63) is 40.2 Å². The number of anilines is 2. The highest BCUT2D eigenvalue weighted by molar-refractivity contribution is 7.17. The Bertz CT molecular complexity index is 605. The largest absolute Gasteiger partial charge is 0.465 e. The van der Waals surface area contributed by atoms with Gasteiger partial charge in [-0.1, -0.05) is 11.3 Å². The number of nitrogens with zero attached hydrogens (tertiary/aromatic N) is 1. The first-order chi connectivity index (χ1) is 8.99. The molecule has 19 heavy (non-hydrogen) atoms. The van der Waals surface area contributed by atoms with E-state index < -0.39 is 5.97 Å². The molecule has 0 spiro atoms. The molecule has 0 aliphatic rings. The number of aryl methyl sites for hydroxylation is 2. The number of rotatable bonds is 3. The number of benzene rings is 1. The summed E-state index contributed by atoms with van der Waals surface area (Å²) in [5.74, 6) is -0.734. The van der Waals surface area contributed by atoms with Crippen molar-refractivity contribution in [1.29, 1.82) is 0 Å². The predicted molar refractivity (Wildman–Crippen MR) is 72.6 cm³/mol. The normalized spacial score (nSPS) is 10.3. The summed E-state index contributed by atoms with van der Waals surface area (Å²) >= 11 is 1.18. The molecule has 4 nitrogen and oxygen atoms in total. The SMILES string of the molecule is COC(=O)c1sc(Nc2cc(C)cc(F)c2)nc1C. The third-order valence-electron chi connectivity index (χ3n) is 2.46. The van der Waals surface area contributed by atoms with Gasteiger partial charge in [-0.25, -0.2) is 14.2 Å². The summed E-state index contributed by atoms with van der Waals surface area (Å²) in [5.41, 5.74) is 2.00. The third kappa shape index (κ3) is 3.08. The maximum absolute atomic E-state index is 13.3. The Balaban J connectivity index is 2.26. The van der Waals surface area contributed by atoms with Crippen LogP contribution in [0.15, 0.2) is 18.2 Å². The van der Waals surface area contributed by atoms with Crippen LogP contribution in [0.5, 0.6) is 0 Å². The maximum atomic E-state index is 13.3. The van der Waals surface area contributed by atoms with E-state index in [1.807, 2.05) is 0 Å². The van der Waals surface area contributed by atoms with Crippen molar-refractivity contribution >= 4 is 28.1 Å². The lowest BCUT2D eigenvalue weighted by atomic mass is 10.2. The summed E-state index contributed by atoms with van der Waals surface area (Å²) in [6.07, 6.45) is 0. The van der Waals surface area contributed by atoms with Gasteiger partial charge in [-0.3, -0.25) is 0 Å². The average Bonchev–Trinajstić information content (AvgIpc) is 2.68. The van der Waals surface area contributed by atoms with Gasteiger partial charge in [0.1, 0.15) is 10.7 Å². The highest BCUT2D eigenvalue weighted by Crippen LogP contribution is 2.27. The van der Waals surface area contributed by atoms with E-state index >= 15 is 0 Å². The van der Waals surface area contributed by atoms with E-state index in [9.17, 15) is 9.18 Å². The highest BCUT2D eigenvalue weighted by atomic mass is 32.1. The molecular formula is C13H13FN2O2S. The number of carbonyl (C=O) groups is 1. The van der Waals surface area contributed by atoms with Crippen LogP contribution in [0.25, 0.3) is 0 Å². The van der Waals surface area contributed by atoms with Crippen LogP contribution in [0, 0.1) is 19.7 Å². The number of esters is 1. The molecule has 0 atom stereocenters. The van der Waals surface area contributed by atoms with Crippen molar-refractivity contribution in [3.63, 3.8) is 0 Å². The molecule has 0 amide bonds. The van der Waals surface area contributed by atoms with Gasteiger partial charge in [-0.05, 0) is 37.6 Å². The first kappa shape index (κ1) is 13.5. The molecule has 0 saturated heterocycles. The summed E-state index contributed by atoms with van der Waals surface area (Å²) in [6, 6.07) is 4.62. The molecule has 0 saturated carbocycles. The Hall–Kier alpha value is -1.95. The van der Waals surface area contributed by atoms with Gasteiger partial charge in [0, 0.05) is 5.69 Å². The number of hydrogen-bond donors (Lipinski definition) is 1. The summed E-state index contributed by atoms with van der Waals surface area (Å²) < 4.78 is 17.9. The van der Waals surface area contributed by atoms with Gasteiger partial charge < -0.3 is 10.1 Å². The lowest BCUT2D eigenvalue weighted by molar-refractivity contribution is 0.0605. The van der Waals surface area contributed by atoms with E-state index in [4.69, 9.17) is 0 Å². The second-order valence-corrected chi connectivity index (χ2v) is 5.07. The number of nitrogens with one attached hydrogen (secondary N) is 1. The minimum Gasteiger partial charge on any atom is -0.465 e. The molecule has 0 fully saturated rings. The van der Waals surface area contributed by atoms with Gasteiger partial charge in [0.15, 0.2) is 5.13 Å². The van der Waals surface area contributed by atoms with Gasteiger partial charge in [-0.2, -0.15) is 0 Å². The van der Waals surface area contributed by atoms with E-state index in [2.05, 4.69) is 15.0 Å². The van der Waals surface area contributed by atoms with Crippen LogP contribution in [0.3, 0.4) is 0 Å². The zero-order valence-corrected chi connectivity index (χ0v) is 11.6. The quantitative estimate of drug-likeness (QED) is 0.875. The van der Waals surface area contributed by atoms with Gasteiger partial charge in [0.25, 0.3) is 0 Å².